The van der Waals surface area contributed by atoms with E-state index in [1.165, 1.54) is 0 Å². The van der Waals surface area contributed by atoms with Gasteiger partial charge in [-0.1, -0.05) is 13.3 Å². The molecule has 0 nitrogen and oxygen atoms in total. The molecule has 1 aliphatic carbocycles. The van der Waals surface area contributed by atoms with E-state index in [9.17, 15) is 79.0 Å². The highest BCUT2D eigenvalue weighted by atomic mass is 19.4. The van der Waals surface area contributed by atoms with Crippen molar-refractivity contribution in [2.45, 2.75) is 74.1 Å². The molecule has 18 heteroatoms. The van der Waals surface area contributed by atoms with E-state index in [4.69, 9.17) is 0 Å². The van der Waals surface area contributed by atoms with Crippen LogP contribution < -0.4 is 0 Å². The molecule has 1 fully saturated rings. The molecule has 0 aromatic rings. The monoisotopic (exact) mass is 534 g/mol. The van der Waals surface area contributed by atoms with Crippen molar-refractivity contribution in [2.75, 3.05) is 0 Å². The summed E-state index contributed by atoms with van der Waals surface area (Å²) in [6.45, 7) is 0.705. The maximum Gasteiger partial charge on any atom is 0.460 e. The van der Waals surface area contributed by atoms with Crippen LogP contribution in [-0.4, -0.2) is 47.9 Å². The van der Waals surface area contributed by atoms with Gasteiger partial charge in [-0.25, -0.2) is 0 Å². The van der Waals surface area contributed by atoms with Gasteiger partial charge in [-0.05, 0) is 18.8 Å². The first kappa shape index (κ1) is 29.8. The molecule has 0 amide bonds. The highest BCUT2D eigenvalue weighted by Gasteiger charge is 2.88. The molecule has 0 aliphatic heterocycles. The van der Waals surface area contributed by atoms with Crippen molar-refractivity contribution >= 4 is 0 Å². The molecule has 0 saturated heterocycles. The van der Waals surface area contributed by atoms with Gasteiger partial charge in [-0.15, -0.1) is 0 Å². The molecule has 33 heavy (non-hydrogen) atoms. The van der Waals surface area contributed by atoms with Gasteiger partial charge >= 0.3 is 47.9 Å². The Balaban J connectivity index is 3.72. The second-order valence-corrected chi connectivity index (χ2v) is 7.42. The van der Waals surface area contributed by atoms with Gasteiger partial charge in [0.15, 0.2) is 0 Å². The van der Waals surface area contributed by atoms with Crippen molar-refractivity contribution < 1.29 is 79.0 Å². The van der Waals surface area contributed by atoms with Crippen LogP contribution in [0, 0.1) is 17.8 Å². The fourth-order valence-electron chi connectivity index (χ4n) is 3.71. The fraction of sp³-hybridized carbons (Fsp3) is 1.00. The molecular weight excluding hydrogens is 522 g/mol. The third-order valence-corrected chi connectivity index (χ3v) is 5.54. The van der Waals surface area contributed by atoms with E-state index in [0.29, 0.717) is 6.92 Å². The molecule has 0 bridgehead atoms. The summed E-state index contributed by atoms with van der Waals surface area (Å²) < 4.78 is 238. The van der Waals surface area contributed by atoms with E-state index in [1.54, 1.807) is 0 Å². The van der Waals surface area contributed by atoms with E-state index in [2.05, 4.69) is 0 Å². The Morgan fingerprint density at radius 2 is 0.818 bits per heavy atom. The molecule has 3 atom stereocenters. The fourth-order valence-corrected chi connectivity index (χ4v) is 3.71. The van der Waals surface area contributed by atoms with Gasteiger partial charge in [-0.2, -0.15) is 79.0 Å². The van der Waals surface area contributed by atoms with Gasteiger partial charge in [-0.3, -0.25) is 0 Å². The van der Waals surface area contributed by atoms with Crippen molar-refractivity contribution in [1.29, 1.82) is 0 Å². The molecule has 0 aromatic heterocycles. The summed E-state index contributed by atoms with van der Waals surface area (Å²) >= 11 is 0. The molecule has 1 aliphatic rings. The second kappa shape index (κ2) is 7.88. The Bertz CT molecular complexity index is 699. The smallest absolute Gasteiger partial charge is 0.199 e. The van der Waals surface area contributed by atoms with Crippen LogP contribution in [0.5, 0.6) is 0 Å². The maximum absolute atomic E-state index is 14.4. The minimum Gasteiger partial charge on any atom is -0.199 e. The van der Waals surface area contributed by atoms with E-state index in [0.717, 1.165) is 0 Å². The predicted octanol–water partition coefficient (Wildman–Crippen LogP) is 7.98. The number of rotatable bonds is 7. The number of hydrogen-bond donors (Lipinski definition) is 0. The van der Waals surface area contributed by atoms with Crippen LogP contribution in [0.15, 0.2) is 0 Å². The van der Waals surface area contributed by atoms with Crippen LogP contribution in [0.3, 0.4) is 0 Å². The first-order valence-electron chi connectivity index (χ1n) is 8.58. The van der Waals surface area contributed by atoms with Crippen molar-refractivity contribution in [1.82, 2.24) is 0 Å². The van der Waals surface area contributed by atoms with Crippen LogP contribution in [0.4, 0.5) is 79.0 Å². The minimum atomic E-state index is -7.62. The summed E-state index contributed by atoms with van der Waals surface area (Å²) in [6.07, 6.45) is -19.0. The molecule has 1 rings (SSSR count). The summed E-state index contributed by atoms with van der Waals surface area (Å²) in [4.78, 5) is 0. The Morgan fingerprint density at radius 1 is 0.485 bits per heavy atom. The van der Waals surface area contributed by atoms with E-state index in [1.807, 2.05) is 0 Å². The summed E-state index contributed by atoms with van der Waals surface area (Å²) in [7, 11) is 0. The number of halogens is 18. The second-order valence-electron chi connectivity index (χ2n) is 7.42. The lowest BCUT2D eigenvalue weighted by atomic mass is 9.74. The lowest BCUT2D eigenvalue weighted by molar-refractivity contribution is -0.421. The molecule has 0 spiro atoms. The van der Waals surface area contributed by atoms with E-state index < -0.39 is 84.9 Å². The largest absolute Gasteiger partial charge is 0.460 e. The van der Waals surface area contributed by atoms with Gasteiger partial charge in [0, 0.05) is 11.8 Å². The number of hydrogen-bond acceptors (Lipinski definition) is 0. The van der Waals surface area contributed by atoms with E-state index >= 15 is 0 Å². The van der Waals surface area contributed by atoms with Gasteiger partial charge in [0.1, 0.15) is 0 Å². The normalized spacial score (nSPS) is 25.0. The maximum atomic E-state index is 14.4. The van der Waals surface area contributed by atoms with Crippen molar-refractivity contribution in [3.63, 3.8) is 0 Å². The summed E-state index contributed by atoms with van der Waals surface area (Å²) in [5.74, 6) is -55.1. The van der Waals surface area contributed by atoms with Crippen LogP contribution in [0.1, 0.15) is 26.2 Å². The Kier molecular flexibility index (Phi) is 7.11. The topological polar surface area (TPSA) is 0 Å². The van der Waals surface area contributed by atoms with Gasteiger partial charge in [0.05, 0.1) is 0 Å². The zero-order chi connectivity index (χ0) is 26.9. The van der Waals surface area contributed by atoms with Gasteiger partial charge in [0.2, 0.25) is 0 Å². The summed E-state index contributed by atoms with van der Waals surface area (Å²) in [5, 5.41) is 0. The minimum absolute atomic E-state index is 0.705. The summed E-state index contributed by atoms with van der Waals surface area (Å²) in [6, 6.07) is 0. The molecule has 1 saturated carbocycles. The van der Waals surface area contributed by atoms with Crippen molar-refractivity contribution in [3.05, 3.63) is 0 Å². The molecule has 3 unspecified atom stereocenters. The average molecular weight is 534 g/mol. The third-order valence-electron chi connectivity index (χ3n) is 5.54. The SMILES string of the molecule is CCC1CCC(C(F)(F)C(F)(F)C(F)(F)C(F)(F)F)C1C(F)(F)C(F)(F)C(F)(F)C(F)(F)F. The standard InChI is InChI=1S/C15H12F18/c1-2-5-3-4-6(8(16,17)10(20,21)12(24,25)14(28,29)30)7(5)9(18,19)11(22,23)13(26,27)15(31,32)33/h5-7H,2-4H2,1H3. The molecule has 0 aromatic carbocycles. The Hall–Kier alpha value is -1.26. The Morgan fingerprint density at radius 3 is 1.12 bits per heavy atom. The Labute approximate surface area is 172 Å². The van der Waals surface area contributed by atoms with Crippen molar-refractivity contribution in [3.8, 4) is 0 Å². The molecule has 0 heterocycles. The van der Waals surface area contributed by atoms with Gasteiger partial charge < -0.3 is 0 Å². The van der Waals surface area contributed by atoms with Crippen LogP contribution in [0.25, 0.3) is 0 Å². The zero-order valence-corrected chi connectivity index (χ0v) is 15.7. The average Bonchev–Trinajstić information content (AvgIpc) is 3.04. The summed E-state index contributed by atoms with van der Waals surface area (Å²) in [5.41, 5.74) is 0. The van der Waals surface area contributed by atoms with Crippen LogP contribution in [-0.2, 0) is 0 Å². The molecular formula is C15H12F18. The third kappa shape index (κ3) is 3.99. The molecule has 0 radical (unpaired) electrons. The molecule has 198 valence electrons. The van der Waals surface area contributed by atoms with Gasteiger partial charge in [0.25, 0.3) is 0 Å². The van der Waals surface area contributed by atoms with Crippen LogP contribution in [0.2, 0.25) is 0 Å². The molecule has 0 N–H and O–H groups in total. The zero-order valence-electron chi connectivity index (χ0n) is 15.7. The van der Waals surface area contributed by atoms with Crippen LogP contribution >= 0.6 is 0 Å². The number of alkyl halides is 18. The highest BCUT2D eigenvalue weighted by Crippen LogP contribution is 2.65. The first-order chi connectivity index (χ1) is 14.2. The quantitative estimate of drug-likeness (QED) is 0.291. The lowest BCUT2D eigenvalue weighted by Gasteiger charge is -2.43. The first-order valence-corrected chi connectivity index (χ1v) is 8.58. The van der Waals surface area contributed by atoms with E-state index in [-0.39, 0.29) is 0 Å². The lowest BCUT2D eigenvalue weighted by Crippen LogP contribution is -2.67. The predicted molar refractivity (Wildman–Crippen MR) is 71.8 cm³/mol. The highest BCUT2D eigenvalue weighted by molar-refractivity contribution is 5.12. The van der Waals surface area contributed by atoms with Crippen molar-refractivity contribution in [2.24, 2.45) is 17.8 Å².